The van der Waals surface area contributed by atoms with Crippen LogP contribution in [0.15, 0.2) is 42.5 Å². The van der Waals surface area contributed by atoms with E-state index in [-0.39, 0.29) is 5.75 Å². The average molecular weight is 231 g/mol. The molecule has 2 aromatic carbocycles. The summed E-state index contributed by atoms with van der Waals surface area (Å²) >= 11 is 0. The van der Waals surface area contributed by atoms with Crippen LogP contribution in [0, 0.1) is 11.9 Å². The second-order valence-corrected chi connectivity index (χ2v) is 3.49. The van der Waals surface area contributed by atoms with Crippen molar-refractivity contribution in [1.29, 1.82) is 0 Å². The number of methoxy groups -OCH3 is 1. The van der Waals surface area contributed by atoms with Crippen molar-refractivity contribution in [2.75, 3.05) is 7.11 Å². The molecule has 0 atom stereocenters. The molecule has 2 nitrogen and oxygen atoms in total. The van der Waals surface area contributed by atoms with Gasteiger partial charge in [-0.25, -0.2) is 4.39 Å². The standard InChI is InChI=1S/C14H12FO2/c1-16-12-8-6-11(7-9-12)10-17-14-5-3-2-4-13(14)15/h2-3,5-9H,10H2,1H3. The van der Waals surface area contributed by atoms with Gasteiger partial charge < -0.3 is 9.47 Å². The minimum atomic E-state index is -0.471. The second kappa shape index (κ2) is 5.34. The summed E-state index contributed by atoms with van der Waals surface area (Å²) < 4.78 is 23.6. The van der Waals surface area contributed by atoms with Gasteiger partial charge in [-0.1, -0.05) is 24.3 Å². The summed E-state index contributed by atoms with van der Waals surface area (Å²) in [6.45, 7) is 0.318. The summed E-state index contributed by atoms with van der Waals surface area (Å²) in [7, 11) is 1.61. The fourth-order valence-corrected chi connectivity index (χ4v) is 1.40. The highest BCUT2D eigenvalue weighted by Gasteiger charge is 2.02. The van der Waals surface area contributed by atoms with Crippen LogP contribution in [0.2, 0.25) is 0 Å². The van der Waals surface area contributed by atoms with Crippen molar-refractivity contribution >= 4 is 0 Å². The molecule has 0 heterocycles. The highest BCUT2D eigenvalue weighted by atomic mass is 19.1. The highest BCUT2D eigenvalue weighted by Crippen LogP contribution is 2.17. The van der Waals surface area contributed by atoms with Crippen molar-refractivity contribution in [3.63, 3.8) is 0 Å². The molecule has 0 unspecified atom stereocenters. The average Bonchev–Trinajstić information content (AvgIpc) is 2.38. The van der Waals surface area contributed by atoms with Crippen LogP contribution in [0.25, 0.3) is 0 Å². The Balaban J connectivity index is 2.00. The van der Waals surface area contributed by atoms with Gasteiger partial charge in [0.05, 0.1) is 7.11 Å². The smallest absolute Gasteiger partial charge is 0.172 e. The fraction of sp³-hybridized carbons (Fsp3) is 0.143. The Bertz CT molecular complexity index is 480. The molecule has 0 saturated carbocycles. The summed E-state index contributed by atoms with van der Waals surface area (Å²) in [5.74, 6) is 0.525. The van der Waals surface area contributed by atoms with E-state index in [0.717, 1.165) is 11.3 Å². The quantitative estimate of drug-likeness (QED) is 0.804. The van der Waals surface area contributed by atoms with E-state index >= 15 is 0 Å². The van der Waals surface area contributed by atoms with E-state index in [9.17, 15) is 4.39 Å². The molecule has 0 bridgehead atoms. The minimum absolute atomic E-state index is 0.211. The van der Waals surface area contributed by atoms with Gasteiger partial charge in [0.25, 0.3) is 0 Å². The van der Waals surface area contributed by atoms with Crippen molar-refractivity contribution in [3.05, 3.63) is 59.9 Å². The lowest BCUT2D eigenvalue weighted by Crippen LogP contribution is -1.97. The Morgan fingerprint density at radius 3 is 2.59 bits per heavy atom. The van der Waals surface area contributed by atoms with Crippen LogP contribution in [-0.2, 0) is 6.61 Å². The van der Waals surface area contributed by atoms with Crippen LogP contribution < -0.4 is 9.47 Å². The first-order chi connectivity index (χ1) is 8.29. The molecule has 87 valence electrons. The third kappa shape index (κ3) is 2.97. The SMILES string of the molecule is COc1ccc(COc2ccc[c]c2F)cc1. The molecular weight excluding hydrogens is 219 g/mol. The summed E-state index contributed by atoms with van der Waals surface area (Å²) in [6.07, 6.45) is 0. The maximum Gasteiger partial charge on any atom is 0.172 e. The molecule has 0 aliphatic carbocycles. The van der Waals surface area contributed by atoms with Crippen LogP contribution in [-0.4, -0.2) is 7.11 Å². The number of hydrogen-bond donors (Lipinski definition) is 0. The minimum Gasteiger partial charge on any atom is -0.497 e. The monoisotopic (exact) mass is 231 g/mol. The Morgan fingerprint density at radius 2 is 1.94 bits per heavy atom. The van der Waals surface area contributed by atoms with Crippen molar-refractivity contribution in [2.45, 2.75) is 6.61 Å². The Hall–Kier alpha value is -2.03. The maximum absolute atomic E-state index is 13.2. The maximum atomic E-state index is 13.2. The van der Waals surface area contributed by atoms with Gasteiger partial charge in [0.2, 0.25) is 0 Å². The van der Waals surface area contributed by atoms with E-state index < -0.39 is 5.82 Å². The van der Waals surface area contributed by atoms with Gasteiger partial charge in [0.15, 0.2) is 11.6 Å². The summed E-state index contributed by atoms with van der Waals surface area (Å²) in [4.78, 5) is 0. The molecule has 1 radical (unpaired) electrons. The van der Waals surface area contributed by atoms with Gasteiger partial charge >= 0.3 is 0 Å². The molecule has 0 spiro atoms. The van der Waals surface area contributed by atoms with Crippen molar-refractivity contribution in [3.8, 4) is 11.5 Å². The molecule has 2 aromatic rings. The van der Waals surface area contributed by atoms with Gasteiger partial charge in [-0.2, -0.15) is 0 Å². The molecule has 0 amide bonds. The third-order valence-corrected chi connectivity index (χ3v) is 2.32. The zero-order valence-electron chi connectivity index (χ0n) is 9.44. The first kappa shape index (κ1) is 11.5. The van der Waals surface area contributed by atoms with E-state index in [0.29, 0.717) is 6.61 Å². The van der Waals surface area contributed by atoms with Gasteiger partial charge in [0, 0.05) is 6.07 Å². The predicted octanol–water partition coefficient (Wildman–Crippen LogP) is 3.21. The fourth-order valence-electron chi connectivity index (χ4n) is 1.40. The predicted molar refractivity (Wildman–Crippen MR) is 62.6 cm³/mol. The number of ether oxygens (including phenoxy) is 2. The zero-order valence-corrected chi connectivity index (χ0v) is 9.44. The molecule has 0 N–H and O–H groups in total. The molecule has 0 aliphatic heterocycles. The van der Waals surface area contributed by atoms with Gasteiger partial charge in [0.1, 0.15) is 12.4 Å². The molecule has 0 aliphatic rings. The van der Waals surface area contributed by atoms with Crippen molar-refractivity contribution in [1.82, 2.24) is 0 Å². The van der Waals surface area contributed by atoms with E-state index in [1.54, 1.807) is 19.2 Å². The van der Waals surface area contributed by atoms with Gasteiger partial charge in [-0.05, 0) is 23.8 Å². The molecule has 2 rings (SSSR count). The molecule has 0 aromatic heterocycles. The van der Waals surface area contributed by atoms with Crippen LogP contribution >= 0.6 is 0 Å². The second-order valence-electron chi connectivity index (χ2n) is 3.49. The molecule has 3 heteroatoms. The van der Waals surface area contributed by atoms with Gasteiger partial charge in [-0.15, -0.1) is 0 Å². The Kier molecular flexibility index (Phi) is 3.60. The lowest BCUT2D eigenvalue weighted by molar-refractivity contribution is 0.290. The third-order valence-electron chi connectivity index (χ3n) is 2.32. The topological polar surface area (TPSA) is 18.5 Å². The van der Waals surface area contributed by atoms with E-state index in [4.69, 9.17) is 9.47 Å². The van der Waals surface area contributed by atoms with E-state index in [2.05, 4.69) is 6.07 Å². The number of halogens is 1. The van der Waals surface area contributed by atoms with Crippen LogP contribution in [0.3, 0.4) is 0 Å². The normalized spacial score (nSPS) is 10.0. The summed E-state index contributed by atoms with van der Waals surface area (Å²) in [5.41, 5.74) is 0.953. The first-order valence-corrected chi connectivity index (χ1v) is 5.21. The van der Waals surface area contributed by atoms with Crippen LogP contribution in [0.4, 0.5) is 4.39 Å². The highest BCUT2D eigenvalue weighted by molar-refractivity contribution is 5.28. The van der Waals surface area contributed by atoms with Gasteiger partial charge in [-0.3, -0.25) is 0 Å². The van der Waals surface area contributed by atoms with E-state index in [1.807, 2.05) is 24.3 Å². The molecule has 17 heavy (non-hydrogen) atoms. The lowest BCUT2D eigenvalue weighted by Gasteiger charge is -2.07. The van der Waals surface area contributed by atoms with Crippen LogP contribution in [0.1, 0.15) is 5.56 Å². The summed E-state index contributed by atoms with van der Waals surface area (Å²) in [6, 6.07) is 14.7. The largest absolute Gasteiger partial charge is 0.497 e. The van der Waals surface area contributed by atoms with Crippen molar-refractivity contribution in [2.24, 2.45) is 0 Å². The molecular formula is C14H12FO2. The summed E-state index contributed by atoms with van der Waals surface area (Å²) in [5, 5.41) is 0. The first-order valence-electron chi connectivity index (χ1n) is 5.21. The molecule has 0 saturated heterocycles. The Labute approximate surface area is 99.6 Å². The number of benzene rings is 2. The number of hydrogen-bond acceptors (Lipinski definition) is 2. The van der Waals surface area contributed by atoms with Crippen LogP contribution in [0.5, 0.6) is 11.5 Å². The Morgan fingerprint density at radius 1 is 1.18 bits per heavy atom. The zero-order chi connectivity index (χ0) is 12.1. The van der Waals surface area contributed by atoms with Crippen molar-refractivity contribution < 1.29 is 13.9 Å². The van der Waals surface area contributed by atoms with E-state index in [1.165, 1.54) is 6.07 Å². The number of rotatable bonds is 4. The molecule has 0 fully saturated rings. The lowest BCUT2D eigenvalue weighted by atomic mass is 10.2.